The fourth-order valence-corrected chi connectivity index (χ4v) is 3.76. The highest BCUT2D eigenvalue weighted by Crippen LogP contribution is 2.25. The van der Waals surface area contributed by atoms with E-state index in [1.54, 1.807) is 25.4 Å². The largest absolute Gasteiger partial charge is 0.383 e. The fourth-order valence-electron chi connectivity index (χ4n) is 2.12. The second kappa shape index (κ2) is 5.12. The molecule has 0 amide bonds. The first kappa shape index (κ1) is 12.5. The standard InChI is InChI=1S/C11H16N2O3S/c1-16-9-10-4-3-7-13(10)17(14,15)11-5-2-6-12-8-11/h2,5-6,8,10H,3-4,7,9H2,1H3/t10-/m1/s1. The third kappa shape index (κ3) is 2.48. The molecule has 0 aromatic carbocycles. The van der Waals surface area contributed by atoms with Crippen molar-refractivity contribution in [1.29, 1.82) is 0 Å². The lowest BCUT2D eigenvalue weighted by molar-refractivity contribution is 0.149. The summed E-state index contributed by atoms with van der Waals surface area (Å²) >= 11 is 0. The Balaban J connectivity index is 2.27. The Bertz CT molecular complexity index is 461. The molecule has 0 N–H and O–H groups in total. The Hall–Kier alpha value is -0.980. The van der Waals surface area contributed by atoms with E-state index in [4.69, 9.17) is 4.74 Å². The molecule has 0 saturated carbocycles. The van der Waals surface area contributed by atoms with Gasteiger partial charge in [-0.05, 0) is 25.0 Å². The highest BCUT2D eigenvalue weighted by molar-refractivity contribution is 7.89. The van der Waals surface area contributed by atoms with Crippen molar-refractivity contribution in [3.63, 3.8) is 0 Å². The highest BCUT2D eigenvalue weighted by Gasteiger charge is 2.35. The van der Waals surface area contributed by atoms with Crippen molar-refractivity contribution in [3.8, 4) is 0 Å². The van der Waals surface area contributed by atoms with Gasteiger partial charge in [0.25, 0.3) is 0 Å². The predicted molar refractivity (Wildman–Crippen MR) is 63.0 cm³/mol. The lowest BCUT2D eigenvalue weighted by atomic mass is 10.2. The smallest absolute Gasteiger partial charge is 0.244 e. The summed E-state index contributed by atoms with van der Waals surface area (Å²) in [7, 11) is -1.83. The Labute approximate surface area is 101 Å². The normalized spacial score (nSPS) is 21.8. The van der Waals surface area contributed by atoms with Gasteiger partial charge in [0.2, 0.25) is 10.0 Å². The molecular weight excluding hydrogens is 240 g/mol. The lowest BCUT2D eigenvalue weighted by Crippen LogP contribution is -2.38. The maximum atomic E-state index is 12.4. The molecule has 5 nitrogen and oxygen atoms in total. The number of aromatic nitrogens is 1. The lowest BCUT2D eigenvalue weighted by Gasteiger charge is -2.23. The number of pyridine rings is 1. The molecule has 1 fully saturated rings. The van der Waals surface area contributed by atoms with E-state index in [1.807, 2.05) is 0 Å². The molecule has 1 aromatic heterocycles. The van der Waals surface area contributed by atoms with Crippen LogP contribution in [0.4, 0.5) is 0 Å². The molecule has 17 heavy (non-hydrogen) atoms. The highest BCUT2D eigenvalue weighted by atomic mass is 32.2. The summed E-state index contributed by atoms with van der Waals surface area (Å²) in [5.74, 6) is 0. The van der Waals surface area contributed by atoms with Crippen molar-refractivity contribution in [3.05, 3.63) is 24.5 Å². The van der Waals surface area contributed by atoms with Gasteiger partial charge in [-0.15, -0.1) is 0 Å². The van der Waals surface area contributed by atoms with Crippen LogP contribution < -0.4 is 0 Å². The van der Waals surface area contributed by atoms with Gasteiger partial charge in [0.05, 0.1) is 6.61 Å². The van der Waals surface area contributed by atoms with E-state index >= 15 is 0 Å². The number of methoxy groups -OCH3 is 1. The number of ether oxygens (including phenoxy) is 1. The summed E-state index contributed by atoms with van der Waals surface area (Å²) in [5.41, 5.74) is 0. The van der Waals surface area contributed by atoms with Crippen LogP contribution in [0, 0.1) is 0 Å². The number of hydrogen-bond donors (Lipinski definition) is 0. The molecule has 1 aliphatic rings. The first-order valence-electron chi connectivity index (χ1n) is 5.57. The van der Waals surface area contributed by atoms with Crippen LogP contribution in [0.1, 0.15) is 12.8 Å². The fraction of sp³-hybridized carbons (Fsp3) is 0.545. The maximum absolute atomic E-state index is 12.4. The minimum atomic E-state index is -3.42. The van der Waals surface area contributed by atoms with Crippen LogP contribution in [0.2, 0.25) is 0 Å². The summed E-state index contributed by atoms with van der Waals surface area (Å²) in [5, 5.41) is 0. The zero-order valence-electron chi connectivity index (χ0n) is 9.74. The summed E-state index contributed by atoms with van der Waals surface area (Å²) in [4.78, 5) is 4.11. The van der Waals surface area contributed by atoms with Crippen molar-refractivity contribution in [2.24, 2.45) is 0 Å². The van der Waals surface area contributed by atoms with Gasteiger partial charge in [-0.3, -0.25) is 4.98 Å². The molecule has 0 spiro atoms. The van der Waals surface area contributed by atoms with Crippen LogP contribution in [-0.2, 0) is 14.8 Å². The van der Waals surface area contributed by atoms with Gasteiger partial charge in [0.15, 0.2) is 0 Å². The molecular formula is C11H16N2O3S. The molecule has 6 heteroatoms. The monoisotopic (exact) mass is 256 g/mol. The van der Waals surface area contributed by atoms with Crippen LogP contribution in [-0.4, -0.2) is 44.0 Å². The van der Waals surface area contributed by atoms with E-state index in [-0.39, 0.29) is 10.9 Å². The van der Waals surface area contributed by atoms with Gasteiger partial charge in [0.1, 0.15) is 4.90 Å². The number of hydrogen-bond acceptors (Lipinski definition) is 4. The minimum absolute atomic E-state index is 0.0507. The molecule has 2 heterocycles. The third-order valence-corrected chi connectivity index (χ3v) is 4.86. The van der Waals surface area contributed by atoms with E-state index in [9.17, 15) is 8.42 Å². The molecule has 2 rings (SSSR count). The van der Waals surface area contributed by atoms with E-state index < -0.39 is 10.0 Å². The number of rotatable bonds is 4. The van der Waals surface area contributed by atoms with Crippen LogP contribution >= 0.6 is 0 Å². The summed E-state index contributed by atoms with van der Waals surface area (Å²) < 4.78 is 31.3. The zero-order chi connectivity index (χ0) is 12.3. The maximum Gasteiger partial charge on any atom is 0.244 e. The summed E-state index contributed by atoms with van der Waals surface area (Å²) in [6.07, 6.45) is 4.69. The predicted octanol–water partition coefficient (Wildman–Crippen LogP) is 0.881. The molecule has 0 aliphatic carbocycles. The molecule has 1 atom stereocenters. The van der Waals surface area contributed by atoms with Crippen molar-refractivity contribution in [2.75, 3.05) is 20.3 Å². The van der Waals surface area contributed by atoms with Gasteiger partial charge in [-0.1, -0.05) is 0 Å². The molecule has 1 saturated heterocycles. The molecule has 94 valence electrons. The van der Waals surface area contributed by atoms with Gasteiger partial charge in [-0.25, -0.2) is 8.42 Å². The quantitative estimate of drug-likeness (QED) is 0.802. The SMILES string of the molecule is COC[C@H]1CCCN1S(=O)(=O)c1cccnc1. The minimum Gasteiger partial charge on any atom is -0.383 e. The Kier molecular flexibility index (Phi) is 3.76. The number of nitrogens with zero attached hydrogens (tertiary/aromatic N) is 2. The first-order valence-corrected chi connectivity index (χ1v) is 7.01. The molecule has 1 aliphatic heterocycles. The van der Waals surface area contributed by atoms with Crippen LogP contribution in [0.15, 0.2) is 29.4 Å². The molecule has 1 aromatic rings. The van der Waals surface area contributed by atoms with Crippen molar-refractivity contribution >= 4 is 10.0 Å². The van der Waals surface area contributed by atoms with Crippen LogP contribution in [0.5, 0.6) is 0 Å². The van der Waals surface area contributed by atoms with E-state index in [0.29, 0.717) is 13.2 Å². The summed E-state index contributed by atoms with van der Waals surface area (Å²) in [6.45, 7) is 1.00. The van der Waals surface area contributed by atoms with Crippen LogP contribution in [0.25, 0.3) is 0 Å². The second-order valence-electron chi connectivity index (χ2n) is 4.06. The first-order chi connectivity index (χ1) is 8.16. The topological polar surface area (TPSA) is 59.5 Å². The second-order valence-corrected chi connectivity index (χ2v) is 5.95. The van der Waals surface area contributed by atoms with Crippen molar-refractivity contribution in [1.82, 2.24) is 9.29 Å². The molecule has 0 unspecified atom stereocenters. The summed E-state index contributed by atoms with van der Waals surface area (Å²) in [6, 6.07) is 3.16. The van der Waals surface area contributed by atoms with E-state index in [1.165, 1.54) is 10.5 Å². The van der Waals surface area contributed by atoms with E-state index in [2.05, 4.69) is 4.98 Å². The van der Waals surface area contributed by atoms with Gasteiger partial charge in [0, 0.05) is 32.1 Å². The Morgan fingerprint density at radius 1 is 1.59 bits per heavy atom. The average Bonchev–Trinajstić information content (AvgIpc) is 2.80. The van der Waals surface area contributed by atoms with Gasteiger partial charge in [-0.2, -0.15) is 4.31 Å². The van der Waals surface area contributed by atoms with Crippen molar-refractivity contribution in [2.45, 2.75) is 23.8 Å². The number of sulfonamides is 1. The van der Waals surface area contributed by atoms with Gasteiger partial charge < -0.3 is 4.74 Å². The van der Waals surface area contributed by atoms with E-state index in [0.717, 1.165) is 12.8 Å². The van der Waals surface area contributed by atoms with Crippen LogP contribution in [0.3, 0.4) is 0 Å². The molecule has 0 radical (unpaired) electrons. The third-order valence-electron chi connectivity index (χ3n) is 2.92. The van der Waals surface area contributed by atoms with Gasteiger partial charge >= 0.3 is 0 Å². The zero-order valence-corrected chi connectivity index (χ0v) is 10.6. The average molecular weight is 256 g/mol. The van der Waals surface area contributed by atoms with Crippen molar-refractivity contribution < 1.29 is 13.2 Å². The Morgan fingerprint density at radius 2 is 2.41 bits per heavy atom. The Morgan fingerprint density at radius 3 is 3.06 bits per heavy atom. The molecule has 0 bridgehead atoms.